The van der Waals surface area contributed by atoms with Crippen molar-refractivity contribution in [2.75, 3.05) is 5.75 Å². The normalized spacial score (nSPS) is 9.62. The Labute approximate surface area is 82.7 Å². The molecule has 0 spiro atoms. The third-order valence-electron chi connectivity index (χ3n) is 1.62. The summed E-state index contributed by atoms with van der Waals surface area (Å²) >= 11 is 1.82. The molecule has 1 aromatic rings. The van der Waals surface area contributed by atoms with E-state index in [0.29, 0.717) is 13.0 Å². The molecule has 1 aromatic carbocycles. The number of thioether (sulfide) groups is 1. The van der Waals surface area contributed by atoms with Gasteiger partial charge in [0.05, 0.1) is 0 Å². The molecule has 1 N–H and O–H groups in total. The molecular weight excluding hydrogens is 182 g/mol. The van der Waals surface area contributed by atoms with Crippen LogP contribution in [0.1, 0.15) is 12.5 Å². The topological polar surface area (TPSA) is 29.1 Å². The Morgan fingerprint density at radius 1 is 1.38 bits per heavy atom. The zero-order chi connectivity index (χ0) is 9.52. The average molecular weight is 195 g/mol. The first-order valence-electron chi connectivity index (χ1n) is 4.25. The highest BCUT2D eigenvalue weighted by atomic mass is 32.2. The molecular formula is C10H13NOS. The Balaban J connectivity index is 2.53. The van der Waals surface area contributed by atoms with Crippen LogP contribution in [0.5, 0.6) is 0 Å². The molecule has 1 amide bonds. The molecule has 0 bridgehead atoms. The van der Waals surface area contributed by atoms with Crippen molar-refractivity contribution in [1.82, 2.24) is 5.32 Å². The maximum absolute atomic E-state index is 10.0. The van der Waals surface area contributed by atoms with Crippen LogP contribution in [0.4, 0.5) is 0 Å². The van der Waals surface area contributed by atoms with E-state index in [-0.39, 0.29) is 0 Å². The van der Waals surface area contributed by atoms with Gasteiger partial charge in [0.15, 0.2) is 0 Å². The first-order valence-corrected chi connectivity index (χ1v) is 5.24. The van der Waals surface area contributed by atoms with Gasteiger partial charge in [0.2, 0.25) is 6.41 Å². The van der Waals surface area contributed by atoms with Gasteiger partial charge in [-0.05, 0) is 23.4 Å². The summed E-state index contributed by atoms with van der Waals surface area (Å²) in [5.41, 5.74) is 1.13. The zero-order valence-electron chi connectivity index (χ0n) is 7.62. The minimum atomic E-state index is 0.612. The van der Waals surface area contributed by atoms with Crippen molar-refractivity contribution in [1.29, 1.82) is 0 Å². The van der Waals surface area contributed by atoms with Gasteiger partial charge in [-0.2, -0.15) is 0 Å². The van der Waals surface area contributed by atoms with Gasteiger partial charge in [0, 0.05) is 11.4 Å². The highest BCUT2D eigenvalue weighted by Gasteiger charge is 1.93. The highest BCUT2D eigenvalue weighted by Crippen LogP contribution is 2.17. The summed E-state index contributed by atoms with van der Waals surface area (Å²) in [4.78, 5) is 11.3. The van der Waals surface area contributed by atoms with E-state index in [0.717, 1.165) is 11.3 Å². The number of nitrogens with one attached hydrogen (secondary N) is 1. The Hall–Kier alpha value is -0.960. The number of hydrogen-bond donors (Lipinski definition) is 1. The largest absolute Gasteiger partial charge is 0.355 e. The second-order valence-corrected chi connectivity index (χ2v) is 3.91. The van der Waals surface area contributed by atoms with Gasteiger partial charge in [-0.1, -0.05) is 19.1 Å². The van der Waals surface area contributed by atoms with Crippen LogP contribution in [0, 0.1) is 0 Å². The number of amides is 1. The van der Waals surface area contributed by atoms with Gasteiger partial charge in [0.25, 0.3) is 0 Å². The number of hydrogen-bond acceptors (Lipinski definition) is 2. The fourth-order valence-electron chi connectivity index (χ4n) is 1.03. The molecule has 0 heterocycles. The summed E-state index contributed by atoms with van der Waals surface area (Å²) in [6.45, 7) is 2.74. The van der Waals surface area contributed by atoms with Crippen molar-refractivity contribution in [2.24, 2.45) is 0 Å². The van der Waals surface area contributed by atoms with Gasteiger partial charge >= 0.3 is 0 Å². The maximum Gasteiger partial charge on any atom is 0.207 e. The van der Waals surface area contributed by atoms with Crippen LogP contribution in [-0.4, -0.2) is 12.2 Å². The summed E-state index contributed by atoms with van der Waals surface area (Å²) in [6, 6.07) is 8.23. The molecule has 0 fully saturated rings. The van der Waals surface area contributed by atoms with Crippen LogP contribution >= 0.6 is 11.8 Å². The first kappa shape index (κ1) is 10.1. The molecule has 0 saturated carbocycles. The monoisotopic (exact) mass is 195 g/mol. The van der Waals surface area contributed by atoms with Gasteiger partial charge < -0.3 is 5.32 Å². The van der Waals surface area contributed by atoms with Crippen molar-refractivity contribution in [3.8, 4) is 0 Å². The molecule has 3 heteroatoms. The lowest BCUT2D eigenvalue weighted by atomic mass is 10.2. The Kier molecular flexibility index (Phi) is 4.40. The summed E-state index contributed by atoms with van der Waals surface area (Å²) < 4.78 is 0. The van der Waals surface area contributed by atoms with Crippen molar-refractivity contribution >= 4 is 18.2 Å². The van der Waals surface area contributed by atoms with Crippen molar-refractivity contribution in [3.63, 3.8) is 0 Å². The molecule has 1 rings (SSSR count). The quantitative estimate of drug-likeness (QED) is 0.575. The minimum Gasteiger partial charge on any atom is -0.355 e. The van der Waals surface area contributed by atoms with Crippen LogP contribution < -0.4 is 5.32 Å². The molecule has 0 aromatic heterocycles. The molecule has 0 aliphatic carbocycles. The third kappa shape index (κ3) is 3.51. The van der Waals surface area contributed by atoms with E-state index in [1.54, 1.807) is 0 Å². The SMILES string of the molecule is CCSc1ccc(CNC=O)cc1. The van der Waals surface area contributed by atoms with Crippen LogP contribution in [0.15, 0.2) is 29.2 Å². The van der Waals surface area contributed by atoms with E-state index >= 15 is 0 Å². The van der Waals surface area contributed by atoms with E-state index in [9.17, 15) is 4.79 Å². The molecule has 0 saturated heterocycles. The second-order valence-electron chi connectivity index (χ2n) is 2.58. The summed E-state index contributed by atoms with van der Waals surface area (Å²) in [7, 11) is 0. The van der Waals surface area contributed by atoms with E-state index in [1.807, 2.05) is 23.9 Å². The van der Waals surface area contributed by atoms with Gasteiger partial charge in [0.1, 0.15) is 0 Å². The molecule has 0 atom stereocenters. The molecule has 0 aliphatic rings. The van der Waals surface area contributed by atoms with Gasteiger partial charge in [-0.3, -0.25) is 4.79 Å². The van der Waals surface area contributed by atoms with Crippen molar-refractivity contribution in [2.45, 2.75) is 18.4 Å². The van der Waals surface area contributed by atoms with E-state index in [2.05, 4.69) is 24.4 Å². The molecule has 0 unspecified atom stereocenters. The maximum atomic E-state index is 10.0. The Morgan fingerprint density at radius 2 is 2.08 bits per heavy atom. The number of rotatable bonds is 5. The number of carbonyl (C=O) groups excluding carboxylic acids is 1. The standard InChI is InChI=1S/C10H13NOS/c1-2-13-10-5-3-9(4-6-10)7-11-8-12/h3-6,8H,2,7H2,1H3,(H,11,12). The summed E-state index contributed by atoms with van der Waals surface area (Å²) in [6.07, 6.45) is 0.717. The van der Waals surface area contributed by atoms with Crippen LogP contribution in [-0.2, 0) is 11.3 Å². The lowest BCUT2D eigenvalue weighted by Gasteiger charge is -2.01. The summed E-state index contributed by atoms with van der Waals surface area (Å²) in [5.74, 6) is 1.09. The van der Waals surface area contributed by atoms with E-state index < -0.39 is 0 Å². The van der Waals surface area contributed by atoms with E-state index in [1.165, 1.54) is 4.90 Å². The minimum absolute atomic E-state index is 0.612. The zero-order valence-corrected chi connectivity index (χ0v) is 8.43. The second kappa shape index (κ2) is 5.65. The fourth-order valence-corrected chi connectivity index (χ4v) is 1.69. The third-order valence-corrected chi connectivity index (χ3v) is 2.52. The first-order chi connectivity index (χ1) is 6.36. The predicted octanol–water partition coefficient (Wildman–Crippen LogP) is 2.04. The number of carbonyl (C=O) groups is 1. The molecule has 0 radical (unpaired) electrons. The average Bonchev–Trinajstić information content (AvgIpc) is 2.17. The van der Waals surface area contributed by atoms with Crippen molar-refractivity contribution < 1.29 is 4.79 Å². The lowest BCUT2D eigenvalue weighted by Crippen LogP contribution is -2.09. The predicted molar refractivity (Wildman–Crippen MR) is 55.7 cm³/mol. The molecule has 13 heavy (non-hydrogen) atoms. The summed E-state index contributed by atoms with van der Waals surface area (Å²) in [5, 5.41) is 2.63. The Bertz CT molecular complexity index is 258. The van der Waals surface area contributed by atoms with Crippen LogP contribution in [0.3, 0.4) is 0 Å². The molecule has 70 valence electrons. The smallest absolute Gasteiger partial charge is 0.207 e. The molecule has 2 nitrogen and oxygen atoms in total. The van der Waals surface area contributed by atoms with Crippen LogP contribution in [0.25, 0.3) is 0 Å². The molecule has 0 aliphatic heterocycles. The lowest BCUT2D eigenvalue weighted by molar-refractivity contribution is -0.109. The van der Waals surface area contributed by atoms with Gasteiger partial charge in [-0.15, -0.1) is 11.8 Å². The van der Waals surface area contributed by atoms with Crippen LogP contribution in [0.2, 0.25) is 0 Å². The van der Waals surface area contributed by atoms with Gasteiger partial charge in [-0.25, -0.2) is 0 Å². The van der Waals surface area contributed by atoms with E-state index in [4.69, 9.17) is 0 Å². The fraction of sp³-hybridized carbons (Fsp3) is 0.300. The Morgan fingerprint density at radius 3 is 2.62 bits per heavy atom. The number of benzene rings is 1. The highest BCUT2D eigenvalue weighted by molar-refractivity contribution is 7.99. The van der Waals surface area contributed by atoms with Crippen molar-refractivity contribution in [3.05, 3.63) is 29.8 Å².